The number of amides is 2. The van der Waals surface area contributed by atoms with E-state index < -0.39 is 22.6 Å². The number of carbonyl (C=O) groups excluding carboxylic acids is 2. The van der Waals surface area contributed by atoms with Crippen molar-refractivity contribution >= 4 is 22.6 Å². The smallest absolute Gasteiger partial charge is 0.246 e. The van der Waals surface area contributed by atoms with E-state index in [1.54, 1.807) is 0 Å². The van der Waals surface area contributed by atoms with Gasteiger partial charge < -0.3 is 0 Å². The van der Waals surface area contributed by atoms with Crippen LogP contribution in [0, 0.1) is 0 Å². The molecule has 0 aliphatic rings. The average Bonchev–Trinajstić information content (AvgIpc) is 2.21. The van der Waals surface area contributed by atoms with Crippen molar-refractivity contribution in [1.29, 1.82) is 0 Å². The summed E-state index contributed by atoms with van der Waals surface area (Å²) in [5.41, 5.74) is 0. The quantitative estimate of drug-likeness (QED) is 0.477. The fourth-order valence-corrected chi connectivity index (χ4v) is 1.84. The molecule has 0 unspecified atom stereocenters. The lowest BCUT2D eigenvalue weighted by atomic mass is 10.4. The van der Waals surface area contributed by atoms with Crippen molar-refractivity contribution < 1.29 is 24.2 Å². The lowest BCUT2D eigenvalue weighted by molar-refractivity contribution is -0.158. The van der Waals surface area contributed by atoms with Crippen LogP contribution in [0.2, 0.25) is 0 Å². The molecule has 0 bridgehead atoms. The minimum Gasteiger partial charge on any atom is -0.286 e. The molecule has 0 fully saturated rings. The van der Waals surface area contributed by atoms with Crippen molar-refractivity contribution in [3.05, 3.63) is 0 Å². The molecule has 0 saturated carbocycles. The van der Waals surface area contributed by atoms with Crippen LogP contribution >= 0.6 is 0 Å². The first kappa shape index (κ1) is 15.0. The highest BCUT2D eigenvalue weighted by molar-refractivity contribution is 7.85. The van der Waals surface area contributed by atoms with Crippen molar-refractivity contribution in [2.24, 2.45) is 0 Å². The highest BCUT2D eigenvalue weighted by Crippen LogP contribution is 1.96. The van der Waals surface area contributed by atoms with Gasteiger partial charge >= 0.3 is 0 Å². The third kappa shape index (κ3) is 6.49. The fraction of sp³-hybridized carbons (Fsp3) is 0.750. The van der Waals surface area contributed by atoms with Gasteiger partial charge in [-0.1, -0.05) is 0 Å². The van der Waals surface area contributed by atoms with Gasteiger partial charge in [0.15, 0.2) is 0 Å². The number of carbonyl (C=O) groups is 2. The molecule has 94 valence electrons. The van der Waals surface area contributed by atoms with Crippen molar-refractivity contribution in [1.82, 2.24) is 10.1 Å². The van der Waals surface area contributed by atoms with Gasteiger partial charge in [0.05, 0.1) is 0 Å². The summed E-state index contributed by atoms with van der Waals surface area (Å²) in [5, 5.41) is 18.3. The Morgan fingerprint density at radius 3 is 1.56 bits per heavy atom. The molecule has 7 nitrogen and oxygen atoms in total. The van der Waals surface area contributed by atoms with Gasteiger partial charge in [-0.3, -0.25) is 24.2 Å². The van der Waals surface area contributed by atoms with Crippen LogP contribution in [-0.2, 0) is 20.4 Å². The Hall–Kier alpha value is -0.990. The summed E-state index contributed by atoms with van der Waals surface area (Å²) in [6, 6.07) is 0. The topological polar surface area (TPSA) is 98.2 Å². The van der Waals surface area contributed by atoms with Gasteiger partial charge in [0.1, 0.15) is 0 Å². The molecule has 0 aromatic heterocycles. The van der Waals surface area contributed by atoms with E-state index in [-0.39, 0.29) is 24.3 Å². The van der Waals surface area contributed by atoms with Crippen molar-refractivity contribution in [3.8, 4) is 0 Å². The highest BCUT2D eigenvalue weighted by Gasteiger charge is 2.11. The molecule has 0 atom stereocenters. The zero-order valence-electron chi connectivity index (χ0n) is 9.25. The first-order valence-electron chi connectivity index (χ1n) is 4.60. The molecule has 0 aliphatic carbocycles. The van der Waals surface area contributed by atoms with Crippen molar-refractivity contribution in [2.45, 2.75) is 12.8 Å². The van der Waals surface area contributed by atoms with Gasteiger partial charge in [0, 0.05) is 49.2 Å². The maximum absolute atomic E-state index is 11.3. The number of rotatable bonds is 6. The van der Waals surface area contributed by atoms with E-state index in [4.69, 9.17) is 10.4 Å². The second-order valence-corrected chi connectivity index (χ2v) is 4.88. The molecule has 0 aromatic rings. The summed E-state index contributed by atoms with van der Waals surface area (Å²) in [5.74, 6) is -0.879. The van der Waals surface area contributed by atoms with Crippen LogP contribution in [0.25, 0.3) is 0 Å². The maximum Gasteiger partial charge on any atom is 0.246 e. The Morgan fingerprint density at radius 2 is 1.31 bits per heavy atom. The predicted molar refractivity (Wildman–Crippen MR) is 56.2 cm³/mol. The number of hydrogen-bond acceptors (Lipinski definition) is 5. The largest absolute Gasteiger partial charge is 0.286 e. The van der Waals surface area contributed by atoms with Gasteiger partial charge in [-0.05, 0) is 0 Å². The predicted octanol–water partition coefficient (Wildman–Crippen LogP) is -0.789. The average molecular weight is 252 g/mol. The zero-order chi connectivity index (χ0) is 12.7. The molecule has 0 spiro atoms. The zero-order valence-corrected chi connectivity index (χ0v) is 10.1. The van der Waals surface area contributed by atoms with Crippen LogP contribution in [0.1, 0.15) is 12.8 Å². The van der Waals surface area contributed by atoms with Crippen LogP contribution < -0.4 is 0 Å². The summed E-state index contributed by atoms with van der Waals surface area (Å²) >= 11 is 0. The minimum absolute atomic E-state index is 0.0389. The molecule has 0 aliphatic heterocycles. The number of nitrogens with zero attached hydrogens (tertiary/aromatic N) is 2. The van der Waals surface area contributed by atoms with Crippen LogP contribution in [0.4, 0.5) is 0 Å². The normalized spacial score (nSPS) is 10.3. The number of hydrogen-bond donors (Lipinski definition) is 2. The van der Waals surface area contributed by atoms with E-state index in [1.165, 1.54) is 14.1 Å². The molecule has 16 heavy (non-hydrogen) atoms. The Balaban J connectivity index is 3.76. The Labute approximate surface area is 96.0 Å². The van der Waals surface area contributed by atoms with Gasteiger partial charge in [-0.25, -0.2) is 10.1 Å². The number of hydroxylamine groups is 4. The van der Waals surface area contributed by atoms with E-state index >= 15 is 0 Å². The van der Waals surface area contributed by atoms with E-state index in [9.17, 15) is 13.8 Å². The maximum atomic E-state index is 11.3. The lowest BCUT2D eigenvalue weighted by Gasteiger charge is -2.09. The van der Waals surface area contributed by atoms with Gasteiger partial charge in [0.25, 0.3) is 0 Å². The first-order valence-corrected chi connectivity index (χ1v) is 6.09. The lowest BCUT2D eigenvalue weighted by Crippen LogP contribution is -2.26. The van der Waals surface area contributed by atoms with Gasteiger partial charge in [0.2, 0.25) is 11.8 Å². The monoisotopic (exact) mass is 252 g/mol. The second-order valence-electron chi connectivity index (χ2n) is 3.18. The van der Waals surface area contributed by atoms with Gasteiger partial charge in [-0.15, -0.1) is 0 Å². The van der Waals surface area contributed by atoms with E-state index in [0.717, 1.165) is 0 Å². The van der Waals surface area contributed by atoms with E-state index in [0.29, 0.717) is 10.1 Å². The van der Waals surface area contributed by atoms with Crippen LogP contribution in [0.3, 0.4) is 0 Å². The second kappa shape index (κ2) is 7.31. The molecule has 2 N–H and O–H groups in total. The summed E-state index contributed by atoms with van der Waals surface area (Å²) in [4.78, 5) is 21.8. The molecule has 0 saturated heterocycles. The van der Waals surface area contributed by atoms with Crippen LogP contribution in [0.5, 0.6) is 0 Å². The Morgan fingerprint density at radius 1 is 1.00 bits per heavy atom. The minimum atomic E-state index is -1.31. The summed E-state index contributed by atoms with van der Waals surface area (Å²) in [6.07, 6.45) is -0.0778. The molecule has 8 heteroatoms. The third-order valence-electron chi connectivity index (χ3n) is 1.81. The summed E-state index contributed by atoms with van der Waals surface area (Å²) in [6.45, 7) is 0. The Kier molecular flexibility index (Phi) is 6.86. The Bertz CT molecular complexity index is 254. The molecular formula is C8H16N2O5S. The standard InChI is InChI=1S/C8H16N2O5S/c1-9(13)7(11)3-5-16(15)6-4-8(12)10(2)14/h13-14H,3-6H2,1-2H3. The van der Waals surface area contributed by atoms with Crippen LogP contribution in [0.15, 0.2) is 0 Å². The van der Waals surface area contributed by atoms with E-state index in [1.807, 2.05) is 0 Å². The van der Waals surface area contributed by atoms with Crippen LogP contribution in [-0.4, -0.2) is 62.2 Å². The first-order chi connectivity index (χ1) is 7.34. The highest BCUT2D eigenvalue weighted by atomic mass is 32.2. The van der Waals surface area contributed by atoms with Crippen molar-refractivity contribution in [2.75, 3.05) is 25.6 Å². The summed E-state index contributed by atoms with van der Waals surface area (Å²) in [7, 11) is 1.07. The molecular weight excluding hydrogens is 236 g/mol. The molecule has 0 radical (unpaired) electrons. The van der Waals surface area contributed by atoms with E-state index in [2.05, 4.69) is 0 Å². The summed E-state index contributed by atoms with van der Waals surface area (Å²) < 4.78 is 11.3. The fourth-order valence-electron chi connectivity index (χ4n) is 0.828. The SMILES string of the molecule is CN(O)C(=O)CCS(=O)CCC(=O)N(C)O. The van der Waals surface area contributed by atoms with Gasteiger partial charge in [-0.2, -0.15) is 0 Å². The molecule has 0 aromatic carbocycles. The third-order valence-corrected chi connectivity index (χ3v) is 3.13. The molecule has 0 rings (SSSR count). The molecule has 2 amide bonds. The molecule has 0 heterocycles. The van der Waals surface area contributed by atoms with Crippen molar-refractivity contribution in [3.63, 3.8) is 0 Å².